The van der Waals surface area contributed by atoms with Crippen LogP contribution in [0.1, 0.15) is 46.6 Å². The number of anilines is 1. The van der Waals surface area contributed by atoms with Crippen LogP contribution in [0.25, 0.3) is 0 Å². The van der Waals surface area contributed by atoms with Gasteiger partial charge in [0.1, 0.15) is 5.75 Å². The van der Waals surface area contributed by atoms with Gasteiger partial charge in [0.15, 0.2) is 0 Å². The highest BCUT2D eigenvalue weighted by atomic mass is 16.5. The lowest BCUT2D eigenvalue weighted by Gasteiger charge is -2.37. The predicted octanol–water partition coefficient (Wildman–Crippen LogP) is 2.70. The molecule has 2 aromatic rings. The lowest BCUT2D eigenvalue weighted by Crippen LogP contribution is -2.45. The third-order valence-electron chi connectivity index (χ3n) is 4.73. The second kappa shape index (κ2) is 6.58. The molecule has 2 amide bonds. The molecule has 0 spiro atoms. The molecule has 1 aromatic heterocycles. The molecule has 0 unspecified atom stereocenters. The SMILES string of the molecule is O=C(Nc1ccc2c(c1)C(=O)N1CCCC[C@@H]1CCO2)c1ccno1. The van der Waals surface area contributed by atoms with Crippen LogP contribution in [0, 0.1) is 0 Å². The van der Waals surface area contributed by atoms with E-state index in [1.807, 2.05) is 4.90 Å². The van der Waals surface area contributed by atoms with Crippen molar-refractivity contribution in [1.82, 2.24) is 10.1 Å². The van der Waals surface area contributed by atoms with Crippen molar-refractivity contribution in [2.75, 3.05) is 18.5 Å². The molecule has 0 saturated carbocycles. The zero-order valence-electron chi connectivity index (χ0n) is 13.7. The summed E-state index contributed by atoms with van der Waals surface area (Å²) in [5.74, 6) is 0.236. The first-order chi connectivity index (χ1) is 12.2. The molecule has 7 heteroatoms. The first-order valence-corrected chi connectivity index (χ1v) is 8.52. The van der Waals surface area contributed by atoms with Crippen molar-refractivity contribution in [3.8, 4) is 5.75 Å². The molecule has 2 aliphatic heterocycles. The minimum atomic E-state index is -0.410. The number of fused-ring (bicyclic) bond motifs is 2. The summed E-state index contributed by atoms with van der Waals surface area (Å²) in [5.41, 5.74) is 1.01. The molecule has 0 radical (unpaired) electrons. The van der Waals surface area contributed by atoms with Gasteiger partial charge in [0, 0.05) is 30.8 Å². The average molecular weight is 341 g/mol. The third-order valence-corrected chi connectivity index (χ3v) is 4.73. The van der Waals surface area contributed by atoms with Gasteiger partial charge in [-0.15, -0.1) is 0 Å². The summed E-state index contributed by atoms with van der Waals surface area (Å²) in [6.45, 7) is 1.36. The zero-order valence-corrected chi connectivity index (χ0v) is 13.7. The number of nitrogens with one attached hydrogen (secondary N) is 1. The molecule has 0 bridgehead atoms. The Morgan fingerprint density at radius 1 is 1.24 bits per heavy atom. The molecule has 1 aromatic carbocycles. The maximum absolute atomic E-state index is 13.0. The first kappa shape index (κ1) is 15.7. The van der Waals surface area contributed by atoms with E-state index >= 15 is 0 Å². The van der Waals surface area contributed by atoms with Crippen LogP contribution < -0.4 is 10.1 Å². The van der Waals surface area contributed by atoms with E-state index in [1.165, 1.54) is 12.3 Å². The van der Waals surface area contributed by atoms with Gasteiger partial charge in [0.05, 0.1) is 18.4 Å². The number of piperidine rings is 1. The highest BCUT2D eigenvalue weighted by Gasteiger charge is 2.31. The van der Waals surface area contributed by atoms with Crippen LogP contribution in [-0.4, -0.2) is 41.1 Å². The van der Waals surface area contributed by atoms with Crippen molar-refractivity contribution in [3.05, 3.63) is 41.8 Å². The molecule has 1 saturated heterocycles. The number of ether oxygens (including phenoxy) is 1. The van der Waals surface area contributed by atoms with Crippen molar-refractivity contribution in [2.45, 2.75) is 31.7 Å². The molecular formula is C18H19N3O4. The molecule has 1 atom stereocenters. The quantitative estimate of drug-likeness (QED) is 0.908. The monoisotopic (exact) mass is 341 g/mol. The molecule has 1 N–H and O–H groups in total. The fourth-order valence-corrected chi connectivity index (χ4v) is 3.45. The van der Waals surface area contributed by atoms with Crippen molar-refractivity contribution < 1.29 is 18.8 Å². The van der Waals surface area contributed by atoms with Crippen molar-refractivity contribution in [2.24, 2.45) is 0 Å². The summed E-state index contributed by atoms with van der Waals surface area (Å²) in [4.78, 5) is 27.1. The number of nitrogens with zero attached hydrogens (tertiary/aromatic N) is 2. The van der Waals surface area contributed by atoms with Crippen molar-refractivity contribution >= 4 is 17.5 Å². The molecule has 7 nitrogen and oxygen atoms in total. The Bertz CT molecular complexity index is 788. The van der Waals surface area contributed by atoms with Crippen LogP contribution in [0.5, 0.6) is 5.75 Å². The van der Waals surface area contributed by atoms with Gasteiger partial charge in [-0.3, -0.25) is 9.59 Å². The third kappa shape index (κ3) is 3.09. The Balaban J connectivity index is 1.61. The van der Waals surface area contributed by atoms with E-state index in [4.69, 9.17) is 9.26 Å². The number of carbonyl (C=O) groups excluding carboxylic acids is 2. The molecule has 3 heterocycles. The van der Waals surface area contributed by atoms with Gasteiger partial charge in [-0.25, -0.2) is 0 Å². The maximum atomic E-state index is 13.0. The van der Waals surface area contributed by atoms with Gasteiger partial charge in [0.2, 0.25) is 5.76 Å². The van der Waals surface area contributed by atoms with E-state index in [9.17, 15) is 9.59 Å². The molecular weight excluding hydrogens is 322 g/mol. The minimum Gasteiger partial charge on any atom is -0.493 e. The van der Waals surface area contributed by atoms with E-state index in [2.05, 4.69) is 10.5 Å². The summed E-state index contributed by atoms with van der Waals surface area (Å²) >= 11 is 0. The summed E-state index contributed by atoms with van der Waals surface area (Å²) in [5, 5.41) is 6.24. The van der Waals surface area contributed by atoms with Crippen LogP contribution in [0.4, 0.5) is 5.69 Å². The van der Waals surface area contributed by atoms with Gasteiger partial charge >= 0.3 is 0 Å². The Hall–Kier alpha value is -2.83. The average Bonchev–Trinajstić information content (AvgIpc) is 3.16. The molecule has 1 fully saturated rings. The molecule has 0 aliphatic carbocycles. The van der Waals surface area contributed by atoms with Crippen LogP contribution >= 0.6 is 0 Å². The van der Waals surface area contributed by atoms with Gasteiger partial charge in [-0.2, -0.15) is 0 Å². The highest BCUT2D eigenvalue weighted by Crippen LogP contribution is 2.31. The Morgan fingerprint density at radius 3 is 3.00 bits per heavy atom. The molecule has 25 heavy (non-hydrogen) atoms. The number of carbonyl (C=O) groups is 2. The number of aromatic nitrogens is 1. The largest absolute Gasteiger partial charge is 0.493 e. The molecule has 130 valence electrons. The number of hydrogen-bond acceptors (Lipinski definition) is 5. The summed E-state index contributed by atoms with van der Waals surface area (Å²) in [6, 6.07) is 6.84. The highest BCUT2D eigenvalue weighted by molar-refractivity contribution is 6.04. The Labute approximate surface area is 144 Å². The van der Waals surface area contributed by atoms with Gasteiger partial charge < -0.3 is 19.5 Å². The lowest BCUT2D eigenvalue weighted by molar-refractivity contribution is 0.0548. The fourth-order valence-electron chi connectivity index (χ4n) is 3.45. The van der Waals surface area contributed by atoms with E-state index in [0.29, 0.717) is 23.6 Å². The minimum absolute atomic E-state index is 0.0323. The van der Waals surface area contributed by atoms with Crippen molar-refractivity contribution in [3.63, 3.8) is 0 Å². The van der Waals surface area contributed by atoms with Crippen LogP contribution in [0.2, 0.25) is 0 Å². The topological polar surface area (TPSA) is 84.7 Å². The summed E-state index contributed by atoms with van der Waals surface area (Å²) in [6.07, 6.45) is 5.46. The van der Waals surface area contributed by atoms with E-state index < -0.39 is 5.91 Å². The molecule has 2 aliphatic rings. The predicted molar refractivity (Wildman–Crippen MR) is 89.7 cm³/mol. The van der Waals surface area contributed by atoms with E-state index in [-0.39, 0.29) is 17.7 Å². The van der Waals surface area contributed by atoms with E-state index in [1.54, 1.807) is 18.2 Å². The summed E-state index contributed by atoms with van der Waals surface area (Å²) < 4.78 is 10.6. The van der Waals surface area contributed by atoms with Crippen LogP contribution in [0.3, 0.4) is 0 Å². The second-order valence-corrected chi connectivity index (χ2v) is 6.33. The fraction of sp³-hybridized carbons (Fsp3) is 0.389. The van der Waals surface area contributed by atoms with Gasteiger partial charge in [0.25, 0.3) is 11.8 Å². The standard InChI is InChI=1S/C18H19N3O4/c22-17(16-6-8-19-25-16)20-12-4-5-15-14(11-12)18(23)21-9-2-1-3-13(21)7-10-24-15/h4-6,8,11,13H,1-3,7,9-10H2,(H,20,22)/t13-/m1/s1. The van der Waals surface area contributed by atoms with E-state index in [0.717, 1.165) is 32.2 Å². The van der Waals surface area contributed by atoms with Crippen molar-refractivity contribution in [1.29, 1.82) is 0 Å². The number of amides is 2. The number of hydrogen-bond donors (Lipinski definition) is 1. The Kier molecular flexibility index (Phi) is 4.13. The van der Waals surface area contributed by atoms with Gasteiger partial charge in [-0.1, -0.05) is 5.16 Å². The molecule has 4 rings (SSSR count). The summed E-state index contributed by atoms with van der Waals surface area (Å²) in [7, 11) is 0. The van der Waals surface area contributed by atoms with Crippen LogP contribution in [-0.2, 0) is 0 Å². The maximum Gasteiger partial charge on any atom is 0.294 e. The second-order valence-electron chi connectivity index (χ2n) is 6.33. The normalized spacial score (nSPS) is 19.9. The smallest absolute Gasteiger partial charge is 0.294 e. The zero-order chi connectivity index (χ0) is 17.2. The number of benzene rings is 1. The first-order valence-electron chi connectivity index (χ1n) is 8.52. The van der Waals surface area contributed by atoms with Crippen LogP contribution in [0.15, 0.2) is 35.0 Å². The van der Waals surface area contributed by atoms with Gasteiger partial charge in [-0.05, 0) is 37.5 Å². The number of rotatable bonds is 2. The lowest BCUT2D eigenvalue weighted by atomic mass is 9.97. The Morgan fingerprint density at radius 2 is 2.16 bits per heavy atom.